The molecule has 0 radical (unpaired) electrons. The maximum atomic E-state index is 11.8. The number of carbonyl (C=O) groups excluding carboxylic acids is 1. The van der Waals surface area contributed by atoms with Gasteiger partial charge >= 0.3 is 0 Å². The lowest BCUT2D eigenvalue weighted by Gasteiger charge is -2.19. The molecule has 0 spiro atoms. The van der Waals surface area contributed by atoms with Crippen molar-refractivity contribution in [2.45, 2.75) is 51.5 Å². The van der Waals surface area contributed by atoms with Crippen molar-refractivity contribution in [1.29, 1.82) is 0 Å². The highest BCUT2D eigenvalue weighted by molar-refractivity contribution is 5.95. The Hall–Kier alpha value is -1.07. The van der Waals surface area contributed by atoms with Crippen LogP contribution in [0.15, 0.2) is 11.6 Å². The molecule has 0 aliphatic heterocycles. The molecule has 1 rings (SSSR count). The van der Waals surface area contributed by atoms with Crippen molar-refractivity contribution in [3.8, 4) is 12.3 Å². The molecule has 0 aromatic carbocycles. The molecule has 1 N–H and O–H groups in total. The van der Waals surface area contributed by atoms with Crippen LogP contribution in [0, 0.1) is 12.3 Å². The fraction of sp³-hybridized carbons (Fsp3) is 0.643. The molecule has 0 saturated heterocycles. The van der Waals surface area contributed by atoms with Crippen LogP contribution in [0.2, 0.25) is 0 Å². The Labute approximate surface area is 98.5 Å². The lowest BCUT2D eigenvalue weighted by molar-refractivity contribution is -0.115. The molecule has 88 valence electrons. The minimum atomic E-state index is -0.318. The van der Waals surface area contributed by atoms with Crippen molar-refractivity contribution in [2.75, 3.05) is 6.54 Å². The molecule has 0 aromatic heterocycles. The number of hydrogen-bond donors (Lipinski definition) is 1. The van der Waals surface area contributed by atoms with Gasteiger partial charge in [0.1, 0.15) is 0 Å². The minimum absolute atomic E-state index is 0.278. The molecule has 0 heterocycles. The van der Waals surface area contributed by atoms with Crippen LogP contribution >= 0.6 is 0 Å². The third-order valence-corrected chi connectivity index (χ3v) is 2.93. The highest BCUT2D eigenvalue weighted by atomic mass is 16.1. The molecule has 1 aliphatic rings. The average Bonchev–Trinajstić information content (AvgIpc) is 2.30. The third-order valence-electron chi connectivity index (χ3n) is 2.93. The Morgan fingerprint density at radius 3 is 2.88 bits per heavy atom. The summed E-state index contributed by atoms with van der Waals surface area (Å²) in [6.45, 7) is 4.54. The van der Waals surface area contributed by atoms with E-state index in [-0.39, 0.29) is 11.3 Å². The van der Waals surface area contributed by atoms with E-state index >= 15 is 0 Å². The summed E-state index contributed by atoms with van der Waals surface area (Å²) < 4.78 is 0. The van der Waals surface area contributed by atoms with Crippen molar-refractivity contribution in [1.82, 2.24) is 5.32 Å². The predicted octanol–water partition coefficient (Wildman–Crippen LogP) is 2.45. The van der Waals surface area contributed by atoms with Gasteiger partial charge in [0.15, 0.2) is 5.78 Å². The van der Waals surface area contributed by atoms with Crippen LogP contribution in [0.4, 0.5) is 0 Å². The molecule has 0 atom stereocenters. The van der Waals surface area contributed by atoms with E-state index in [2.05, 4.69) is 17.3 Å². The van der Waals surface area contributed by atoms with Crippen LogP contribution in [0.1, 0.15) is 46.0 Å². The first-order valence-corrected chi connectivity index (χ1v) is 6.00. The molecule has 2 heteroatoms. The highest BCUT2D eigenvalue weighted by Gasteiger charge is 2.15. The number of carbonyl (C=O) groups is 1. The van der Waals surface area contributed by atoms with Crippen LogP contribution in [0.3, 0.4) is 0 Å². The molecule has 0 unspecified atom stereocenters. The molecular formula is C14H21NO. The second kappa shape index (κ2) is 5.86. The van der Waals surface area contributed by atoms with Crippen LogP contribution in [0.25, 0.3) is 0 Å². The maximum absolute atomic E-state index is 11.8. The minimum Gasteiger partial charge on any atom is -0.301 e. The summed E-state index contributed by atoms with van der Waals surface area (Å²) >= 11 is 0. The van der Waals surface area contributed by atoms with Crippen molar-refractivity contribution < 1.29 is 4.79 Å². The Morgan fingerprint density at radius 1 is 1.56 bits per heavy atom. The summed E-state index contributed by atoms with van der Waals surface area (Å²) in [4.78, 5) is 11.8. The molecule has 2 nitrogen and oxygen atoms in total. The SMILES string of the molecule is C#CC(C)(C)NCCC(=O)C1=CCCCC1. The zero-order valence-corrected chi connectivity index (χ0v) is 10.3. The number of nitrogens with one attached hydrogen (secondary N) is 1. The van der Waals surface area contributed by atoms with E-state index in [4.69, 9.17) is 6.42 Å². The predicted molar refractivity (Wildman–Crippen MR) is 67.1 cm³/mol. The third kappa shape index (κ3) is 4.20. The lowest BCUT2D eigenvalue weighted by Crippen LogP contribution is -2.38. The molecule has 0 fully saturated rings. The first-order chi connectivity index (χ1) is 7.55. The zero-order valence-electron chi connectivity index (χ0n) is 10.3. The average molecular weight is 219 g/mol. The van der Waals surface area contributed by atoms with Gasteiger partial charge in [0.2, 0.25) is 0 Å². The summed E-state index contributed by atoms with van der Waals surface area (Å²) in [6, 6.07) is 0. The van der Waals surface area contributed by atoms with E-state index in [1.807, 2.05) is 13.8 Å². The van der Waals surface area contributed by atoms with Gasteiger partial charge in [-0.1, -0.05) is 12.0 Å². The quantitative estimate of drug-likeness (QED) is 0.720. The summed E-state index contributed by atoms with van der Waals surface area (Å²) in [5.41, 5.74) is 0.702. The first-order valence-electron chi connectivity index (χ1n) is 6.00. The molecular weight excluding hydrogens is 198 g/mol. The molecule has 0 saturated carbocycles. The second-order valence-corrected chi connectivity index (χ2v) is 4.84. The smallest absolute Gasteiger partial charge is 0.159 e. The van der Waals surface area contributed by atoms with Gasteiger partial charge in [-0.15, -0.1) is 6.42 Å². The van der Waals surface area contributed by atoms with Crippen molar-refractivity contribution in [3.05, 3.63) is 11.6 Å². The van der Waals surface area contributed by atoms with E-state index in [1.165, 1.54) is 6.42 Å². The Bertz CT molecular complexity index is 320. The maximum Gasteiger partial charge on any atom is 0.159 e. The van der Waals surface area contributed by atoms with Crippen molar-refractivity contribution in [3.63, 3.8) is 0 Å². The Morgan fingerprint density at radius 2 is 2.31 bits per heavy atom. The number of rotatable bonds is 5. The van der Waals surface area contributed by atoms with Crippen LogP contribution < -0.4 is 5.32 Å². The standard InChI is InChI=1S/C14H21NO/c1-4-14(2,3)15-11-10-13(16)12-8-6-5-7-9-12/h1,8,15H,5-7,9-11H2,2-3H3. The number of ketones is 1. The number of terminal acetylenes is 1. The van der Waals surface area contributed by atoms with Gasteiger partial charge in [-0.3, -0.25) is 4.79 Å². The summed E-state index contributed by atoms with van der Waals surface area (Å²) in [7, 11) is 0. The molecule has 0 amide bonds. The summed E-state index contributed by atoms with van der Waals surface area (Å²) in [6.07, 6.45) is 12.4. The lowest BCUT2D eigenvalue weighted by atomic mass is 9.95. The monoisotopic (exact) mass is 219 g/mol. The normalized spacial score (nSPS) is 16.4. The van der Waals surface area contributed by atoms with Crippen LogP contribution in [0.5, 0.6) is 0 Å². The fourth-order valence-electron chi connectivity index (χ4n) is 1.79. The number of hydrogen-bond acceptors (Lipinski definition) is 2. The van der Waals surface area contributed by atoms with Crippen LogP contribution in [-0.4, -0.2) is 17.9 Å². The van der Waals surface area contributed by atoms with E-state index < -0.39 is 0 Å². The van der Waals surface area contributed by atoms with Gasteiger partial charge in [0, 0.05) is 13.0 Å². The van der Waals surface area contributed by atoms with Gasteiger partial charge in [-0.2, -0.15) is 0 Å². The molecule has 0 bridgehead atoms. The van der Waals surface area contributed by atoms with Gasteiger partial charge < -0.3 is 5.32 Å². The molecule has 16 heavy (non-hydrogen) atoms. The number of allylic oxidation sites excluding steroid dienone is 2. The van der Waals surface area contributed by atoms with Gasteiger partial charge in [0.25, 0.3) is 0 Å². The van der Waals surface area contributed by atoms with Gasteiger partial charge in [-0.05, 0) is 45.1 Å². The molecule has 1 aliphatic carbocycles. The van der Waals surface area contributed by atoms with E-state index in [0.717, 1.165) is 24.8 Å². The first kappa shape index (κ1) is 13.0. The highest BCUT2D eigenvalue weighted by Crippen LogP contribution is 2.18. The van der Waals surface area contributed by atoms with Crippen molar-refractivity contribution >= 4 is 5.78 Å². The Kier molecular flexibility index (Phi) is 4.76. The van der Waals surface area contributed by atoms with Crippen molar-refractivity contribution in [2.24, 2.45) is 0 Å². The summed E-state index contributed by atoms with van der Waals surface area (Å²) in [5, 5.41) is 3.19. The van der Waals surface area contributed by atoms with Crippen LogP contribution in [-0.2, 0) is 4.79 Å². The van der Waals surface area contributed by atoms with E-state index in [1.54, 1.807) is 0 Å². The topological polar surface area (TPSA) is 29.1 Å². The summed E-state index contributed by atoms with van der Waals surface area (Å²) in [5.74, 6) is 2.94. The van der Waals surface area contributed by atoms with Gasteiger partial charge in [0.05, 0.1) is 5.54 Å². The fourth-order valence-corrected chi connectivity index (χ4v) is 1.79. The molecule has 0 aromatic rings. The van der Waals surface area contributed by atoms with E-state index in [9.17, 15) is 4.79 Å². The van der Waals surface area contributed by atoms with Gasteiger partial charge in [-0.25, -0.2) is 0 Å². The second-order valence-electron chi connectivity index (χ2n) is 4.84. The largest absolute Gasteiger partial charge is 0.301 e. The van der Waals surface area contributed by atoms with E-state index in [0.29, 0.717) is 13.0 Å². The number of Topliss-reactive ketones (excluding diaryl/α,β-unsaturated/α-hetero) is 1. The zero-order chi connectivity index (χ0) is 12.0. The Balaban J connectivity index is 2.31.